The summed E-state index contributed by atoms with van der Waals surface area (Å²) in [6.45, 7) is -1.27. The van der Waals surface area contributed by atoms with Gasteiger partial charge in [0, 0.05) is 92.8 Å². The first-order chi connectivity index (χ1) is 44.9. The lowest BCUT2D eigenvalue weighted by atomic mass is 9.86. The van der Waals surface area contributed by atoms with Crippen LogP contribution in [0, 0.1) is 34.9 Å². The second-order valence-electron chi connectivity index (χ2n) is 22.5. The first-order valence-corrected chi connectivity index (χ1v) is 28.5. The number of alkyl halides is 12. The third-order valence-electron chi connectivity index (χ3n) is 15.6. The number of rotatable bonds is 21. The molecule has 0 fully saturated rings. The molecule has 0 radical (unpaired) electrons. The highest BCUT2D eigenvalue weighted by atomic mass is 19.3. The summed E-state index contributed by atoms with van der Waals surface area (Å²) in [6, 6.07) is 17.0. The number of halogens is 18. The number of pyridine rings is 2. The van der Waals surface area contributed by atoms with Crippen LogP contribution in [0.1, 0.15) is 147 Å². The van der Waals surface area contributed by atoms with Crippen molar-refractivity contribution in [1.82, 2.24) is 29.5 Å². The number of carbonyl (C=O) groups is 5. The fraction of sp³-hybridized carbons (Fsp3) is 0.297. The number of hydrogen-bond acceptors (Lipinski definition) is 10. The quantitative estimate of drug-likeness (QED) is 0.0514. The fourth-order valence-corrected chi connectivity index (χ4v) is 11.6. The molecule has 0 unspecified atom stereocenters. The fourth-order valence-electron chi connectivity index (χ4n) is 11.6. The van der Waals surface area contributed by atoms with Crippen LogP contribution in [-0.4, -0.2) is 58.9 Å². The van der Waals surface area contributed by atoms with E-state index in [1.807, 2.05) is 0 Å². The zero-order chi connectivity index (χ0) is 70.3. The maximum Gasteiger partial charge on any atom is 0.309 e. The molecule has 0 saturated heterocycles. The molecule has 2 amide bonds. The van der Waals surface area contributed by atoms with Gasteiger partial charge in [-0.3, -0.25) is 38.3 Å². The highest BCUT2D eigenvalue weighted by Gasteiger charge is 2.56. The molecule has 4 N–H and O–H groups in total. The van der Waals surface area contributed by atoms with Crippen molar-refractivity contribution in [1.29, 1.82) is 0 Å². The zero-order valence-electron chi connectivity index (χ0n) is 49.3. The van der Waals surface area contributed by atoms with Crippen LogP contribution in [0.2, 0.25) is 0 Å². The molecule has 0 spiro atoms. The monoisotopic (exact) mass is 1370 g/mol. The zero-order valence-corrected chi connectivity index (χ0v) is 49.3. The number of nitrogens with zero attached hydrogens (tertiary/aromatic N) is 6. The van der Waals surface area contributed by atoms with E-state index < -0.39 is 216 Å². The van der Waals surface area contributed by atoms with Crippen molar-refractivity contribution < 1.29 is 108 Å². The molecular formula is C64H48F18N8O6. The second kappa shape index (κ2) is 27.4. The number of amides is 2. The number of hydrogen-bond donors (Lipinski definition) is 2. The van der Waals surface area contributed by atoms with Crippen molar-refractivity contribution in [3.63, 3.8) is 0 Å². The average molecular weight is 1370 g/mol. The molecule has 10 rings (SSSR count). The van der Waals surface area contributed by atoms with Crippen LogP contribution in [0.3, 0.4) is 0 Å². The molecule has 2 aliphatic carbocycles. The van der Waals surface area contributed by atoms with Gasteiger partial charge in [-0.15, -0.1) is 0 Å². The molecule has 2 aliphatic rings. The number of ether oxygens (including phenoxy) is 1. The van der Waals surface area contributed by atoms with E-state index in [1.165, 1.54) is 42.6 Å². The summed E-state index contributed by atoms with van der Waals surface area (Å²) < 4.78 is 264. The smallest absolute Gasteiger partial charge is 0.309 e. The van der Waals surface area contributed by atoms with E-state index in [-0.39, 0.29) is 66.4 Å². The number of benzene rings is 4. The molecule has 0 saturated carbocycles. The molecule has 0 bridgehead atoms. The molecular weight excluding hydrogens is 1320 g/mol. The van der Waals surface area contributed by atoms with Crippen LogP contribution in [0.4, 0.5) is 79.0 Å². The van der Waals surface area contributed by atoms with Crippen molar-refractivity contribution in [2.24, 2.45) is 11.5 Å². The van der Waals surface area contributed by atoms with Gasteiger partial charge in [-0.05, 0) is 95.8 Å². The van der Waals surface area contributed by atoms with Crippen LogP contribution in [0.25, 0.3) is 22.3 Å². The van der Waals surface area contributed by atoms with E-state index >= 15 is 0 Å². The minimum Gasteiger partial charge on any atom is -0.408 e. The number of Topliss-reactive ketones (excluding diaryl/α,β-unsaturated/α-hetero) is 2. The predicted octanol–water partition coefficient (Wildman–Crippen LogP) is 14.6. The SMILES string of the molecule is CC(=O)Oc1ccc(-c2ccc(F)c(C(N)=O)c2)c([C@@H](CC(=O)Cn2nc(C(F)F)c3c2C(F)(F)CCC3(F)F)Cc2cc(F)cc(F)c2)n1.NC(=O)c1cc(-c2cccnc2[C@@H](CC(=O)Cn2nc(C(F)F)c3c2C(F)(F)CCC3(F)F)Cc2cc(F)cc(F)c2)ccc1F. The normalized spacial score (nSPS) is 15.6. The van der Waals surface area contributed by atoms with Gasteiger partial charge in [0.15, 0.2) is 11.6 Å². The van der Waals surface area contributed by atoms with Gasteiger partial charge >= 0.3 is 5.97 Å². The van der Waals surface area contributed by atoms with Gasteiger partial charge in [0.1, 0.15) is 70.8 Å². The van der Waals surface area contributed by atoms with E-state index in [4.69, 9.17) is 16.2 Å². The predicted molar refractivity (Wildman–Crippen MR) is 301 cm³/mol. The standard InChI is InChI=1S/C33H25F9N4O4.C31H23F9N4O2/c1-15(47)50-25-5-3-22(17-2-4-24(36)23(12-17)31(43)49)27(44-25)18(8-16-9-19(34)13-20(35)10-16)11-21(48)14-46-29-26(28(45-46)30(37)38)32(39,40)6-7-33(29,41)42;32-18-9-15(10-19(33)13-18)8-17(25-21(2-1-7-42-25)16-3-4-23(34)22(12-16)29(41)46)11-20(45)14-44-27-24(26(43-44)28(35)36)30(37,38)5-6-31(27,39)40/h2-5,9-10,12-13,18,30H,6-8,11,14H2,1H3,(H2,43,49);1-4,7,9-10,12-13,17,28H,5-6,8,11,14H2,(H2,41,46)/t18-;17-/m11/s1. The summed E-state index contributed by atoms with van der Waals surface area (Å²) in [5.41, 5.74) is 0.619. The van der Waals surface area contributed by atoms with Gasteiger partial charge in [0.2, 0.25) is 5.88 Å². The Balaban J connectivity index is 0.000000226. The maximum atomic E-state index is 15.0. The molecule has 96 heavy (non-hydrogen) atoms. The number of primary amides is 2. The minimum atomic E-state index is -4.09. The molecule has 8 aromatic rings. The van der Waals surface area contributed by atoms with Crippen molar-refractivity contribution in [2.45, 2.75) is 120 Å². The Morgan fingerprint density at radius 1 is 0.510 bits per heavy atom. The lowest BCUT2D eigenvalue weighted by Gasteiger charge is -2.29. The van der Waals surface area contributed by atoms with E-state index in [0.717, 1.165) is 55.5 Å². The van der Waals surface area contributed by atoms with Crippen molar-refractivity contribution >= 4 is 29.4 Å². The Labute approximate surface area is 530 Å². The Morgan fingerprint density at radius 3 is 1.30 bits per heavy atom. The lowest BCUT2D eigenvalue weighted by Crippen LogP contribution is -2.33. The number of carbonyl (C=O) groups excluding carboxylic acids is 5. The highest BCUT2D eigenvalue weighted by Crippen LogP contribution is 2.54. The van der Waals surface area contributed by atoms with E-state index in [2.05, 4.69) is 20.2 Å². The first kappa shape index (κ1) is 70.4. The average Bonchev–Trinajstić information content (AvgIpc) is 1.57. The first-order valence-electron chi connectivity index (χ1n) is 28.5. The van der Waals surface area contributed by atoms with E-state index in [1.54, 1.807) is 0 Å². The molecule has 2 atom stereocenters. The summed E-state index contributed by atoms with van der Waals surface area (Å²) in [5.74, 6) is -29.8. The largest absolute Gasteiger partial charge is 0.408 e. The number of ketones is 2. The van der Waals surface area contributed by atoms with Gasteiger partial charge in [-0.1, -0.05) is 18.2 Å². The molecule has 4 aromatic carbocycles. The lowest BCUT2D eigenvalue weighted by molar-refractivity contribution is -0.132. The van der Waals surface area contributed by atoms with Crippen molar-refractivity contribution in [2.75, 3.05) is 0 Å². The van der Waals surface area contributed by atoms with Crippen molar-refractivity contribution in [3.05, 3.63) is 206 Å². The van der Waals surface area contributed by atoms with Crippen LogP contribution in [-0.2, 0) is 64.0 Å². The van der Waals surface area contributed by atoms with Gasteiger partial charge in [-0.25, -0.2) is 66.4 Å². The number of fused-ring (bicyclic) bond motifs is 2. The van der Waals surface area contributed by atoms with Crippen LogP contribution in [0.5, 0.6) is 5.88 Å². The van der Waals surface area contributed by atoms with Gasteiger partial charge in [0.05, 0.1) is 33.6 Å². The minimum absolute atomic E-state index is 0.0477. The van der Waals surface area contributed by atoms with Crippen molar-refractivity contribution in [3.8, 4) is 28.1 Å². The summed E-state index contributed by atoms with van der Waals surface area (Å²) in [7, 11) is 0. The van der Waals surface area contributed by atoms with Gasteiger partial charge in [-0.2, -0.15) is 27.8 Å². The Kier molecular flexibility index (Phi) is 20.1. The highest BCUT2D eigenvalue weighted by molar-refractivity contribution is 5.95. The van der Waals surface area contributed by atoms with Gasteiger partial charge in [0.25, 0.3) is 48.4 Å². The van der Waals surface area contributed by atoms with E-state index in [9.17, 15) is 103 Å². The number of aromatic nitrogens is 6. The van der Waals surface area contributed by atoms with Crippen LogP contribution >= 0.6 is 0 Å². The topological polar surface area (TPSA) is 208 Å². The maximum absolute atomic E-state index is 15.0. The molecule has 4 heterocycles. The molecule has 0 aliphatic heterocycles. The summed E-state index contributed by atoms with van der Waals surface area (Å²) >= 11 is 0. The Hall–Kier alpha value is -9.91. The number of nitrogens with two attached hydrogens (primary N) is 2. The van der Waals surface area contributed by atoms with Crippen LogP contribution < -0.4 is 16.2 Å². The molecule has 4 aromatic heterocycles. The molecule has 506 valence electrons. The third kappa shape index (κ3) is 15.4. The Morgan fingerprint density at radius 2 is 0.906 bits per heavy atom. The summed E-state index contributed by atoms with van der Waals surface area (Å²) in [4.78, 5) is 71.0. The molecule has 32 heteroatoms. The summed E-state index contributed by atoms with van der Waals surface area (Å²) in [5, 5.41) is 6.59. The second-order valence-corrected chi connectivity index (χ2v) is 22.5. The number of esters is 1. The van der Waals surface area contributed by atoms with Gasteiger partial charge < -0.3 is 16.2 Å². The van der Waals surface area contributed by atoms with E-state index in [0.29, 0.717) is 12.1 Å². The van der Waals surface area contributed by atoms with Crippen LogP contribution in [0.15, 0.2) is 103 Å². The Bertz CT molecular complexity index is 4330. The summed E-state index contributed by atoms with van der Waals surface area (Å²) in [6.07, 6.45) is -13.7. The molecule has 14 nitrogen and oxygen atoms in total. The third-order valence-corrected chi connectivity index (χ3v) is 15.6.